The van der Waals surface area contributed by atoms with Crippen molar-refractivity contribution in [2.45, 2.75) is 6.61 Å². The fraction of sp³-hybridized carbons (Fsp3) is 0.182. The van der Waals surface area contributed by atoms with Gasteiger partial charge in [-0.3, -0.25) is 0 Å². The number of hydrogen-bond donors (Lipinski definition) is 2. The summed E-state index contributed by atoms with van der Waals surface area (Å²) in [6.45, 7) is 0.365. The lowest BCUT2D eigenvalue weighted by Crippen LogP contribution is -2.04. The average Bonchev–Trinajstić information content (AvgIpc) is 2.57. The molecule has 0 bridgehead atoms. The van der Waals surface area contributed by atoms with Gasteiger partial charge in [-0.15, -0.1) is 0 Å². The Balaban J connectivity index is 2.05. The number of phenols is 1. The molecule has 16 heavy (non-hydrogen) atoms. The lowest BCUT2D eigenvalue weighted by Gasteiger charge is -2.07. The molecule has 5 nitrogen and oxygen atoms in total. The SMILES string of the molecule is Cn1c(COc2cccc(O)c2)cnc1N. The highest BCUT2D eigenvalue weighted by Gasteiger charge is 2.04. The van der Waals surface area contributed by atoms with E-state index in [2.05, 4.69) is 4.98 Å². The molecule has 0 aliphatic heterocycles. The highest BCUT2D eigenvalue weighted by atomic mass is 16.5. The zero-order chi connectivity index (χ0) is 11.5. The molecule has 0 amide bonds. The van der Waals surface area contributed by atoms with Crippen molar-refractivity contribution in [2.75, 3.05) is 5.73 Å². The van der Waals surface area contributed by atoms with E-state index < -0.39 is 0 Å². The molecule has 0 unspecified atom stereocenters. The molecule has 0 saturated heterocycles. The molecule has 2 rings (SSSR count). The van der Waals surface area contributed by atoms with Gasteiger partial charge in [0.25, 0.3) is 0 Å². The van der Waals surface area contributed by atoms with Crippen LogP contribution in [0.4, 0.5) is 5.95 Å². The van der Waals surface area contributed by atoms with E-state index in [9.17, 15) is 5.11 Å². The van der Waals surface area contributed by atoms with Gasteiger partial charge in [0.05, 0.1) is 11.9 Å². The van der Waals surface area contributed by atoms with E-state index in [0.717, 1.165) is 5.69 Å². The molecule has 2 aromatic rings. The Bertz CT molecular complexity index is 494. The summed E-state index contributed by atoms with van der Waals surface area (Å²) in [6.07, 6.45) is 1.66. The summed E-state index contributed by atoms with van der Waals surface area (Å²) >= 11 is 0. The zero-order valence-electron chi connectivity index (χ0n) is 8.92. The van der Waals surface area contributed by atoms with Crippen molar-refractivity contribution in [3.8, 4) is 11.5 Å². The summed E-state index contributed by atoms with van der Waals surface area (Å²) in [5.74, 6) is 1.25. The summed E-state index contributed by atoms with van der Waals surface area (Å²) in [5, 5.41) is 9.25. The minimum absolute atomic E-state index is 0.182. The van der Waals surface area contributed by atoms with Crippen LogP contribution in [-0.2, 0) is 13.7 Å². The van der Waals surface area contributed by atoms with Gasteiger partial charge in [-0.1, -0.05) is 6.07 Å². The summed E-state index contributed by atoms with van der Waals surface area (Å²) in [6, 6.07) is 6.65. The minimum atomic E-state index is 0.182. The number of imidazole rings is 1. The van der Waals surface area contributed by atoms with Crippen LogP contribution in [0.1, 0.15) is 5.69 Å². The lowest BCUT2D eigenvalue weighted by molar-refractivity contribution is 0.295. The minimum Gasteiger partial charge on any atom is -0.508 e. The predicted molar refractivity (Wildman–Crippen MR) is 60.1 cm³/mol. The fourth-order valence-electron chi connectivity index (χ4n) is 1.33. The number of anilines is 1. The number of phenolic OH excluding ortho intramolecular Hbond substituents is 1. The maximum Gasteiger partial charge on any atom is 0.200 e. The molecule has 0 aliphatic carbocycles. The molecule has 0 fully saturated rings. The maximum absolute atomic E-state index is 9.25. The van der Waals surface area contributed by atoms with E-state index in [1.807, 2.05) is 7.05 Å². The third-order valence-electron chi connectivity index (χ3n) is 2.32. The fourth-order valence-corrected chi connectivity index (χ4v) is 1.33. The van der Waals surface area contributed by atoms with E-state index in [0.29, 0.717) is 18.3 Å². The zero-order valence-corrected chi connectivity index (χ0v) is 8.92. The number of hydrogen-bond acceptors (Lipinski definition) is 4. The van der Waals surface area contributed by atoms with Gasteiger partial charge < -0.3 is 20.1 Å². The molecule has 1 aromatic heterocycles. The van der Waals surface area contributed by atoms with Crippen LogP contribution in [0, 0.1) is 0 Å². The van der Waals surface area contributed by atoms with Crippen molar-refractivity contribution in [1.82, 2.24) is 9.55 Å². The van der Waals surface area contributed by atoms with Crippen LogP contribution in [0.15, 0.2) is 30.5 Å². The third kappa shape index (κ3) is 2.08. The van der Waals surface area contributed by atoms with E-state index >= 15 is 0 Å². The van der Waals surface area contributed by atoms with Crippen LogP contribution in [-0.4, -0.2) is 14.7 Å². The molecular weight excluding hydrogens is 206 g/mol. The first-order chi connectivity index (χ1) is 7.66. The second-order valence-electron chi connectivity index (χ2n) is 3.45. The number of nitrogens with zero attached hydrogens (tertiary/aromatic N) is 2. The summed E-state index contributed by atoms with van der Waals surface area (Å²) in [5.41, 5.74) is 6.47. The summed E-state index contributed by atoms with van der Waals surface area (Å²) < 4.78 is 7.24. The molecule has 1 heterocycles. The Morgan fingerprint density at radius 3 is 2.94 bits per heavy atom. The Labute approximate surface area is 93.1 Å². The first-order valence-electron chi connectivity index (χ1n) is 4.84. The van der Waals surface area contributed by atoms with Crippen LogP contribution in [0.2, 0.25) is 0 Å². The molecule has 0 aliphatic rings. The smallest absolute Gasteiger partial charge is 0.200 e. The first-order valence-corrected chi connectivity index (χ1v) is 4.84. The van der Waals surface area contributed by atoms with Gasteiger partial charge in [-0.2, -0.15) is 0 Å². The standard InChI is InChI=1S/C11H13N3O2/c1-14-8(6-13-11(14)12)7-16-10-4-2-3-9(15)5-10/h2-6,15H,7H2,1H3,(H2,12,13). The van der Waals surface area contributed by atoms with Gasteiger partial charge in [0.15, 0.2) is 5.95 Å². The molecule has 3 N–H and O–H groups in total. The number of benzene rings is 1. The van der Waals surface area contributed by atoms with E-state index in [4.69, 9.17) is 10.5 Å². The van der Waals surface area contributed by atoms with Crippen LogP contribution >= 0.6 is 0 Å². The molecule has 5 heteroatoms. The number of nitrogen functional groups attached to an aromatic ring is 1. The van der Waals surface area contributed by atoms with E-state index in [1.54, 1.807) is 35.0 Å². The first kappa shape index (κ1) is 10.4. The third-order valence-corrected chi connectivity index (χ3v) is 2.32. The Kier molecular flexibility index (Phi) is 2.68. The Morgan fingerprint density at radius 2 is 2.31 bits per heavy atom. The Hall–Kier alpha value is -2.17. The second-order valence-corrected chi connectivity index (χ2v) is 3.45. The van der Waals surface area contributed by atoms with Crippen LogP contribution in [0.3, 0.4) is 0 Å². The lowest BCUT2D eigenvalue weighted by atomic mass is 10.3. The number of rotatable bonds is 3. The van der Waals surface area contributed by atoms with Crippen LogP contribution < -0.4 is 10.5 Å². The molecule has 0 spiro atoms. The molecule has 84 valence electrons. The summed E-state index contributed by atoms with van der Waals surface area (Å²) in [7, 11) is 1.82. The van der Waals surface area contributed by atoms with Gasteiger partial charge >= 0.3 is 0 Å². The largest absolute Gasteiger partial charge is 0.508 e. The summed E-state index contributed by atoms with van der Waals surface area (Å²) in [4.78, 5) is 3.96. The topological polar surface area (TPSA) is 73.3 Å². The van der Waals surface area contributed by atoms with Crippen molar-refractivity contribution in [3.05, 3.63) is 36.2 Å². The second kappa shape index (κ2) is 4.14. The van der Waals surface area contributed by atoms with Crippen LogP contribution in [0.5, 0.6) is 11.5 Å². The monoisotopic (exact) mass is 219 g/mol. The highest BCUT2D eigenvalue weighted by molar-refractivity contribution is 5.32. The number of ether oxygens (including phenoxy) is 1. The van der Waals surface area contributed by atoms with Gasteiger partial charge in [-0.25, -0.2) is 4.98 Å². The van der Waals surface area contributed by atoms with Crippen molar-refractivity contribution < 1.29 is 9.84 Å². The predicted octanol–water partition coefficient (Wildman–Crippen LogP) is 1.29. The molecule has 0 atom stereocenters. The highest BCUT2D eigenvalue weighted by Crippen LogP contribution is 2.19. The van der Waals surface area contributed by atoms with Gasteiger partial charge in [0.2, 0.25) is 0 Å². The quantitative estimate of drug-likeness (QED) is 0.815. The van der Waals surface area contributed by atoms with E-state index in [-0.39, 0.29) is 5.75 Å². The normalized spacial score (nSPS) is 10.3. The van der Waals surface area contributed by atoms with Crippen molar-refractivity contribution in [3.63, 3.8) is 0 Å². The van der Waals surface area contributed by atoms with Crippen molar-refractivity contribution >= 4 is 5.95 Å². The maximum atomic E-state index is 9.25. The van der Waals surface area contributed by atoms with Gasteiger partial charge in [-0.05, 0) is 12.1 Å². The number of aromatic nitrogens is 2. The number of nitrogens with two attached hydrogens (primary N) is 1. The molecular formula is C11H13N3O2. The van der Waals surface area contributed by atoms with Crippen molar-refractivity contribution in [2.24, 2.45) is 7.05 Å². The average molecular weight is 219 g/mol. The molecule has 1 aromatic carbocycles. The van der Waals surface area contributed by atoms with Gasteiger partial charge in [0, 0.05) is 13.1 Å². The van der Waals surface area contributed by atoms with Crippen LogP contribution in [0.25, 0.3) is 0 Å². The molecule has 0 radical (unpaired) electrons. The van der Waals surface area contributed by atoms with Gasteiger partial charge in [0.1, 0.15) is 18.1 Å². The van der Waals surface area contributed by atoms with E-state index in [1.165, 1.54) is 0 Å². The molecule has 0 saturated carbocycles. The Morgan fingerprint density at radius 1 is 1.50 bits per heavy atom. The van der Waals surface area contributed by atoms with Crippen molar-refractivity contribution in [1.29, 1.82) is 0 Å². The number of aromatic hydroxyl groups is 1.